The summed E-state index contributed by atoms with van der Waals surface area (Å²) in [6.45, 7) is 4.20. The van der Waals surface area contributed by atoms with E-state index >= 15 is 0 Å². The van der Waals surface area contributed by atoms with Crippen molar-refractivity contribution in [3.8, 4) is 5.75 Å². The summed E-state index contributed by atoms with van der Waals surface area (Å²) < 4.78 is 34.5. The molecule has 0 atom stereocenters. The molecule has 2 aliphatic rings. The molecule has 154 valence electrons. The van der Waals surface area contributed by atoms with E-state index in [0.717, 1.165) is 43.5 Å². The number of ether oxygens (including phenoxy) is 1. The SMILES string of the molecule is CC1(C)C=Cc2nc(CN(c3ccccc3)S(=O)(=O)C3CCCCC3)ccc2O1. The fraction of sp³-hybridized carbons (Fsp3) is 0.435. The number of hydrogen-bond acceptors (Lipinski definition) is 4. The maximum atomic E-state index is 13.5. The first-order valence-corrected chi connectivity index (χ1v) is 11.8. The zero-order valence-electron chi connectivity index (χ0n) is 17.0. The zero-order chi connectivity index (χ0) is 20.5. The van der Waals surface area contributed by atoms with E-state index < -0.39 is 10.0 Å². The highest BCUT2D eigenvalue weighted by molar-refractivity contribution is 7.93. The fourth-order valence-corrected chi connectivity index (χ4v) is 6.02. The molecule has 0 unspecified atom stereocenters. The summed E-state index contributed by atoms with van der Waals surface area (Å²) in [5.41, 5.74) is 1.77. The predicted octanol–water partition coefficient (Wildman–Crippen LogP) is 4.93. The summed E-state index contributed by atoms with van der Waals surface area (Å²) in [6, 6.07) is 13.1. The number of nitrogens with zero attached hydrogens (tertiary/aromatic N) is 2. The van der Waals surface area contributed by atoms with Crippen molar-refractivity contribution in [1.82, 2.24) is 4.98 Å². The second-order valence-corrected chi connectivity index (χ2v) is 10.5. The molecule has 5 nitrogen and oxygen atoms in total. The Morgan fingerprint density at radius 2 is 1.79 bits per heavy atom. The molecule has 4 rings (SSSR count). The topological polar surface area (TPSA) is 59.5 Å². The minimum atomic E-state index is -3.47. The van der Waals surface area contributed by atoms with Gasteiger partial charge < -0.3 is 4.74 Å². The van der Waals surface area contributed by atoms with Crippen molar-refractivity contribution in [3.63, 3.8) is 0 Å². The quantitative estimate of drug-likeness (QED) is 0.698. The van der Waals surface area contributed by atoms with Crippen molar-refractivity contribution in [2.75, 3.05) is 4.31 Å². The maximum absolute atomic E-state index is 13.5. The molecule has 1 aliphatic carbocycles. The third-order valence-corrected chi connectivity index (χ3v) is 7.86. The lowest BCUT2D eigenvalue weighted by Crippen LogP contribution is -2.39. The minimum absolute atomic E-state index is 0.216. The Kier molecular flexibility index (Phi) is 5.38. The highest BCUT2D eigenvalue weighted by atomic mass is 32.2. The molecule has 0 bridgehead atoms. The number of hydrogen-bond donors (Lipinski definition) is 0. The van der Waals surface area contributed by atoms with Crippen molar-refractivity contribution in [2.24, 2.45) is 0 Å². The Hall–Kier alpha value is -2.34. The van der Waals surface area contributed by atoms with E-state index in [1.165, 1.54) is 4.31 Å². The van der Waals surface area contributed by atoms with Crippen LogP contribution >= 0.6 is 0 Å². The number of benzene rings is 1. The molecule has 29 heavy (non-hydrogen) atoms. The number of rotatable bonds is 5. The van der Waals surface area contributed by atoms with Gasteiger partial charge in [-0.1, -0.05) is 37.5 Å². The van der Waals surface area contributed by atoms with Crippen molar-refractivity contribution < 1.29 is 13.2 Å². The Morgan fingerprint density at radius 1 is 1.07 bits per heavy atom. The third kappa shape index (κ3) is 4.32. The van der Waals surface area contributed by atoms with Crippen LogP contribution in [0.4, 0.5) is 5.69 Å². The van der Waals surface area contributed by atoms with E-state index in [-0.39, 0.29) is 17.4 Å². The number of anilines is 1. The van der Waals surface area contributed by atoms with Crippen LogP contribution in [0.2, 0.25) is 0 Å². The Bertz CT molecular complexity index is 994. The van der Waals surface area contributed by atoms with Gasteiger partial charge in [0.1, 0.15) is 17.0 Å². The van der Waals surface area contributed by atoms with Gasteiger partial charge in [-0.25, -0.2) is 13.4 Å². The molecule has 2 aromatic rings. The van der Waals surface area contributed by atoms with Gasteiger partial charge in [-0.3, -0.25) is 4.31 Å². The monoisotopic (exact) mass is 412 g/mol. The summed E-state index contributed by atoms with van der Waals surface area (Å²) >= 11 is 0. The largest absolute Gasteiger partial charge is 0.482 e. The standard InChI is InChI=1S/C23H28N2O3S/c1-23(2)16-15-21-22(28-23)14-13-18(24-21)17-25(19-9-5-3-6-10-19)29(26,27)20-11-7-4-8-12-20/h3,5-6,9-10,13-16,20H,4,7-8,11-12,17H2,1-2H3. The molecule has 0 saturated heterocycles. The molecule has 0 spiro atoms. The van der Waals surface area contributed by atoms with Crippen molar-refractivity contribution in [2.45, 2.75) is 63.3 Å². The molecule has 1 fully saturated rings. The number of aromatic nitrogens is 1. The fourth-order valence-electron chi connectivity index (χ4n) is 4.01. The summed E-state index contributed by atoms with van der Waals surface area (Å²) in [5.74, 6) is 0.725. The van der Waals surface area contributed by atoms with Gasteiger partial charge in [0.15, 0.2) is 0 Å². The van der Waals surface area contributed by atoms with E-state index in [2.05, 4.69) is 4.98 Å². The van der Waals surface area contributed by atoms with E-state index in [9.17, 15) is 8.42 Å². The summed E-state index contributed by atoms with van der Waals surface area (Å²) in [6.07, 6.45) is 8.45. The number of para-hydroxylation sites is 1. The van der Waals surface area contributed by atoms with Crippen LogP contribution in [0.5, 0.6) is 5.75 Å². The second-order valence-electron chi connectivity index (χ2n) is 8.37. The first kappa shape index (κ1) is 20.0. The third-order valence-electron chi connectivity index (χ3n) is 5.59. The van der Waals surface area contributed by atoms with E-state index in [1.54, 1.807) is 0 Å². The molecule has 2 heterocycles. The van der Waals surface area contributed by atoms with Gasteiger partial charge in [0.2, 0.25) is 10.0 Å². The smallest absolute Gasteiger partial charge is 0.238 e. The Balaban J connectivity index is 1.66. The summed E-state index contributed by atoms with van der Waals surface area (Å²) in [7, 11) is -3.47. The molecule has 1 aliphatic heterocycles. The normalized spacial score (nSPS) is 18.7. The Labute approximate surface area is 173 Å². The highest BCUT2D eigenvalue weighted by Gasteiger charge is 2.34. The van der Waals surface area contributed by atoms with Crippen LogP contribution in [0.15, 0.2) is 48.5 Å². The molecular weight excluding hydrogens is 384 g/mol. The first-order valence-electron chi connectivity index (χ1n) is 10.3. The molecule has 1 aromatic heterocycles. The molecule has 6 heteroatoms. The molecule has 1 saturated carbocycles. The lowest BCUT2D eigenvalue weighted by Gasteiger charge is -2.31. The van der Waals surface area contributed by atoms with Crippen LogP contribution in [0.1, 0.15) is 57.3 Å². The lowest BCUT2D eigenvalue weighted by molar-refractivity contribution is 0.158. The van der Waals surface area contributed by atoms with Crippen LogP contribution in [0, 0.1) is 0 Å². The molecule has 0 N–H and O–H groups in total. The van der Waals surface area contributed by atoms with Crippen molar-refractivity contribution in [1.29, 1.82) is 0 Å². The molecular formula is C23H28N2O3S. The van der Waals surface area contributed by atoms with Crippen LogP contribution < -0.4 is 9.04 Å². The minimum Gasteiger partial charge on any atom is -0.482 e. The highest BCUT2D eigenvalue weighted by Crippen LogP contribution is 2.32. The summed E-state index contributed by atoms with van der Waals surface area (Å²) in [4.78, 5) is 4.68. The van der Waals surface area contributed by atoms with Gasteiger partial charge in [0.05, 0.1) is 23.2 Å². The molecule has 0 radical (unpaired) electrons. The average Bonchev–Trinajstić information content (AvgIpc) is 2.72. The maximum Gasteiger partial charge on any atom is 0.238 e. The predicted molar refractivity (Wildman–Crippen MR) is 116 cm³/mol. The van der Waals surface area contributed by atoms with Gasteiger partial charge in [-0.2, -0.15) is 0 Å². The van der Waals surface area contributed by atoms with E-state index in [4.69, 9.17) is 4.74 Å². The molecule has 1 aromatic carbocycles. The number of sulfonamides is 1. The lowest BCUT2D eigenvalue weighted by atomic mass is 10.0. The van der Waals surface area contributed by atoms with Crippen LogP contribution in [0.3, 0.4) is 0 Å². The average molecular weight is 413 g/mol. The van der Waals surface area contributed by atoms with Crippen LogP contribution in [-0.4, -0.2) is 24.3 Å². The molecule has 0 amide bonds. The van der Waals surface area contributed by atoms with Gasteiger partial charge in [-0.05, 0) is 63.1 Å². The van der Waals surface area contributed by atoms with Crippen molar-refractivity contribution in [3.05, 3.63) is 59.9 Å². The number of fused-ring (bicyclic) bond motifs is 1. The van der Waals surface area contributed by atoms with Crippen LogP contribution in [0.25, 0.3) is 6.08 Å². The van der Waals surface area contributed by atoms with Gasteiger partial charge in [-0.15, -0.1) is 0 Å². The van der Waals surface area contributed by atoms with E-state index in [0.29, 0.717) is 11.4 Å². The van der Waals surface area contributed by atoms with E-state index in [1.807, 2.05) is 68.5 Å². The van der Waals surface area contributed by atoms with Gasteiger partial charge in [0.25, 0.3) is 0 Å². The van der Waals surface area contributed by atoms with Gasteiger partial charge >= 0.3 is 0 Å². The first-order chi connectivity index (χ1) is 13.9. The Morgan fingerprint density at radius 3 is 2.52 bits per heavy atom. The van der Waals surface area contributed by atoms with Crippen molar-refractivity contribution >= 4 is 21.8 Å². The number of pyridine rings is 1. The zero-order valence-corrected chi connectivity index (χ0v) is 17.9. The second kappa shape index (κ2) is 7.82. The summed E-state index contributed by atoms with van der Waals surface area (Å²) in [5, 5.41) is -0.321. The van der Waals surface area contributed by atoms with Crippen LogP contribution in [-0.2, 0) is 16.6 Å². The van der Waals surface area contributed by atoms with Gasteiger partial charge in [0, 0.05) is 0 Å².